The van der Waals surface area contributed by atoms with Gasteiger partial charge in [-0.2, -0.15) is 0 Å². The van der Waals surface area contributed by atoms with E-state index in [9.17, 15) is 19.5 Å². The molecule has 0 aromatic carbocycles. The first-order chi connectivity index (χ1) is 13.4. The average Bonchev–Trinajstić information content (AvgIpc) is 2.57. The molecule has 1 radical (unpaired) electrons. The summed E-state index contributed by atoms with van der Waals surface area (Å²) in [5.74, 6) is -0.403. The van der Waals surface area contributed by atoms with Gasteiger partial charge in [0.1, 0.15) is 11.0 Å². The van der Waals surface area contributed by atoms with E-state index in [2.05, 4.69) is 0 Å². The number of aliphatic hydroxyl groups excluding tert-OH is 1. The Bertz CT molecular complexity index is 571. The predicted molar refractivity (Wildman–Crippen MR) is 107 cm³/mol. The minimum Gasteiger partial charge on any atom is -0.493 e. The fourth-order valence-electron chi connectivity index (χ4n) is 2.54. The molecule has 0 bridgehead atoms. The van der Waals surface area contributed by atoms with Crippen LogP contribution in [0.15, 0.2) is 0 Å². The molecule has 0 aromatic heterocycles. The molecule has 1 fully saturated rings. The molecule has 9 nitrogen and oxygen atoms in total. The molecule has 0 saturated carbocycles. The average molecular weight is 493 g/mol. The Balaban J connectivity index is 0.00000841. The van der Waals surface area contributed by atoms with Gasteiger partial charge in [0.2, 0.25) is 0 Å². The maximum atomic E-state index is 12.0. The SMILES string of the molecule is CC(=O)OC1[CH-]C(OC(C)=O)C(SCCCN(C)C(=O)OC(C)(C)C)OC1CO.[Co]. The molecule has 1 heterocycles. The van der Waals surface area contributed by atoms with E-state index in [1.54, 1.807) is 34.2 Å². The number of esters is 2. The Morgan fingerprint density at radius 1 is 1.13 bits per heavy atom. The van der Waals surface area contributed by atoms with Crippen LogP contribution in [-0.4, -0.2) is 83.3 Å². The molecule has 0 spiro atoms. The van der Waals surface area contributed by atoms with Crippen LogP contribution in [0.3, 0.4) is 0 Å². The number of carbonyl (C=O) groups excluding carboxylic acids is 3. The van der Waals surface area contributed by atoms with Crippen molar-refractivity contribution in [1.29, 1.82) is 0 Å². The van der Waals surface area contributed by atoms with Gasteiger partial charge in [0.25, 0.3) is 11.9 Å². The van der Waals surface area contributed by atoms with Crippen LogP contribution in [0.5, 0.6) is 0 Å². The third kappa shape index (κ3) is 10.8. The van der Waals surface area contributed by atoms with E-state index in [0.717, 1.165) is 0 Å². The third-order valence-corrected chi connectivity index (χ3v) is 4.96. The van der Waals surface area contributed by atoms with Crippen LogP contribution in [0, 0.1) is 6.42 Å². The van der Waals surface area contributed by atoms with Gasteiger partial charge < -0.3 is 29.0 Å². The number of amides is 1. The number of ether oxygens (including phenoxy) is 4. The van der Waals surface area contributed by atoms with Crippen molar-refractivity contribution in [2.75, 3.05) is 26.0 Å². The summed E-state index contributed by atoms with van der Waals surface area (Å²) >= 11 is 1.39. The van der Waals surface area contributed by atoms with Crippen LogP contribution in [-0.2, 0) is 45.3 Å². The summed E-state index contributed by atoms with van der Waals surface area (Å²) in [6.45, 7) is 8.09. The van der Waals surface area contributed by atoms with Crippen molar-refractivity contribution in [2.45, 2.75) is 70.4 Å². The van der Waals surface area contributed by atoms with Gasteiger partial charge in [-0.25, -0.2) is 11.2 Å². The van der Waals surface area contributed by atoms with Crippen molar-refractivity contribution in [2.24, 2.45) is 0 Å². The van der Waals surface area contributed by atoms with E-state index in [1.165, 1.54) is 30.5 Å². The number of hydrogen-bond donors (Lipinski definition) is 1. The van der Waals surface area contributed by atoms with Crippen molar-refractivity contribution in [3.8, 4) is 0 Å². The zero-order valence-electron chi connectivity index (χ0n) is 18.2. The normalized spacial score (nSPS) is 23.7. The van der Waals surface area contributed by atoms with Crippen LogP contribution in [0.25, 0.3) is 0 Å². The summed E-state index contributed by atoms with van der Waals surface area (Å²) in [5.41, 5.74) is -1.12. The zero-order chi connectivity index (χ0) is 22.2. The van der Waals surface area contributed by atoms with Crippen molar-refractivity contribution in [1.82, 2.24) is 4.90 Å². The number of carbonyl (C=O) groups is 3. The molecule has 0 aliphatic carbocycles. The molecule has 11 heteroatoms. The second-order valence-electron chi connectivity index (χ2n) is 7.69. The largest absolute Gasteiger partial charge is 0.493 e. The monoisotopic (exact) mass is 493 g/mol. The standard InChI is InChI=1S/C19H32NO8S.Co/c1-12(22)25-14-10-15(26-13(2)23)17(27-16(14)11-21)29-9-7-8-20(6)18(24)28-19(3,4)5;/h10,14-17,21H,7-9,11H2,1-6H3;/q-1;. The summed E-state index contributed by atoms with van der Waals surface area (Å²) in [7, 11) is 1.66. The van der Waals surface area contributed by atoms with Crippen molar-refractivity contribution < 1.29 is 55.2 Å². The van der Waals surface area contributed by atoms with Gasteiger partial charge in [-0.05, 0) is 32.9 Å². The van der Waals surface area contributed by atoms with Gasteiger partial charge in [-0.15, -0.1) is 11.8 Å². The predicted octanol–water partition coefficient (Wildman–Crippen LogP) is 1.76. The van der Waals surface area contributed by atoms with Crippen LogP contribution in [0.4, 0.5) is 4.79 Å². The van der Waals surface area contributed by atoms with Crippen LogP contribution in [0.1, 0.15) is 41.0 Å². The first-order valence-corrected chi connectivity index (χ1v) is 10.5. The zero-order valence-corrected chi connectivity index (χ0v) is 20.1. The van der Waals surface area contributed by atoms with E-state index in [0.29, 0.717) is 18.7 Å². The van der Waals surface area contributed by atoms with Crippen LogP contribution >= 0.6 is 11.8 Å². The molecule has 4 unspecified atom stereocenters. The Hall–Kier alpha value is -1.01. The molecule has 1 aliphatic rings. The molecular weight excluding hydrogens is 461 g/mol. The number of aliphatic hydroxyl groups is 1. The Labute approximate surface area is 192 Å². The molecule has 30 heavy (non-hydrogen) atoms. The molecular formula is C19H32CoNO8S-. The minimum atomic E-state index is -0.808. The topological polar surface area (TPSA) is 112 Å². The first kappa shape index (κ1) is 29.0. The quantitative estimate of drug-likeness (QED) is 0.234. The smallest absolute Gasteiger partial charge is 0.410 e. The van der Waals surface area contributed by atoms with Crippen molar-refractivity contribution in [3.63, 3.8) is 0 Å². The van der Waals surface area contributed by atoms with E-state index in [-0.39, 0.29) is 23.4 Å². The Morgan fingerprint density at radius 3 is 2.20 bits per heavy atom. The molecule has 1 N–H and O–H groups in total. The van der Waals surface area contributed by atoms with Gasteiger partial charge in [0.05, 0.1) is 12.7 Å². The fourth-order valence-corrected chi connectivity index (χ4v) is 3.62. The summed E-state index contributed by atoms with van der Waals surface area (Å²) in [6.07, 6.45) is -0.452. The second kappa shape index (κ2) is 13.4. The molecule has 1 rings (SSSR count). The fraction of sp³-hybridized carbons (Fsp3) is 0.789. The molecule has 1 aliphatic heterocycles. The summed E-state index contributed by atoms with van der Waals surface area (Å²) in [5, 5.41) is 9.55. The summed E-state index contributed by atoms with van der Waals surface area (Å²) < 4.78 is 21.5. The number of rotatable bonds is 8. The molecule has 1 amide bonds. The Kier molecular flexibility index (Phi) is 13.0. The number of thioether (sulfide) groups is 1. The molecule has 177 valence electrons. The maximum absolute atomic E-state index is 12.0. The van der Waals surface area contributed by atoms with E-state index >= 15 is 0 Å². The van der Waals surface area contributed by atoms with Crippen LogP contribution < -0.4 is 0 Å². The van der Waals surface area contributed by atoms with E-state index in [4.69, 9.17) is 18.9 Å². The number of nitrogens with zero attached hydrogens (tertiary/aromatic N) is 1. The maximum Gasteiger partial charge on any atom is 0.410 e. The number of hydrogen-bond acceptors (Lipinski definition) is 9. The third-order valence-electron chi connectivity index (χ3n) is 3.73. The Morgan fingerprint density at radius 2 is 1.70 bits per heavy atom. The van der Waals surface area contributed by atoms with Crippen molar-refractivity contribution >= 4 is 29.8 Å². The van der Waals surface area contributed by atoms with Gasteiger partial charge in [-0.3, -0.25) is 9.59 Å². The second-order valence-corrected chi connectivity index (χ2v) is 8.90. The van der Waals surface area contributed by atoms with E-state index < -0.39 is 47.4 Å². The molecule has 4 atom stereocenters. The van der Waals surface area contributed by atoms with E-state index in [1.807, 2.05) is 0 Å². The first-order valence-electron chi connectivity index (χ1n) is 9.44. The van der Waals surface area contributed by atoms with Crippen molar-refractivity contribution in [3.05, 3.63) is 6.42 Å². The van der Waals surface area contributed by atoms with Gasteiger partial charge in [0.15, 0.2) is 0 Å². The summed E-state index contributed by atoms with van der Waals surface area (Å²) in [4.78, 5) is 36.2. The van der Waals surface area contributed by atoms with Crippen LogP contribution in [0.2, 0.25) is 0 Å². The van der Waals surface area contributed by atoms with Gasteiger partial charge in [0, 0.05) is 56.4 Å². The summed E-state index contributed by atoms with van der Waals surface area (Å²) in [6, 6.07) is 0. The van der Waals surface area contributed by atoms with Gasteiger partial charge in [-0.1, -0.05) is 0 Å². The molecule has 1 saturated heterocycles. The minimum absolute atomic E-state index is 0. The van der Waals surface area contributed by atoms with Gasteiger partial charge >= 0.3 is 6.09 Å². The molecule has 0 aromatic rings.